The Morgan fingerprint density at radius 3 is 2.65 bits per heavy atom. The van der Waals surface area contributed by atoms with Gasteiger partial charge in [-0.3, -0.25) is 0 Å². The van der Waals surface area contributed by atoms with Crippen LogP contribution in [0.4, 0.5) is 0 Å². The molecule has 0 aliphatic heterocycles. The van der Waals surface area contributed by atoms with Crippen LogP contribution in [0.15, 0.2) is 47.6 Å². The maximum atomic E-state index is 8.67. The Hall–Kier alpha value is -2.24. The van der Waals surface area contributed by atoms with Gasteiger partial charge in [0.2, 0.25) is 0 Å². The van der Waals surface area contributed by atoms with Crippen LogP contribution in [0.1, 0.15) is 11.1 Å². The van der Waals surface area contributed by atoms with Crippen molar-refractivity contribution in [1.29, 1.82) is 0 Å². The zero-order chi connectivity index (χ0) is 16.5. The number of nitrogens with zero attached hydrogens (tertiary/aromatic N) is 1. The fraction of sp³-hybridized carbons (Fsp3) is 0.235. The first kappa shape index (κ1) is 17.1. The number of aliphatic hydroxyl groups is 1. The summed E-state index contributed by atoms with van der Waals surface area (Å²) in [6.07, 6.45) is 1.65. The predicted molar refractivity (Wildman–Crippen MR) is 91.5 cm³/mol. The van der Waals surface area contributed by atoms with E-state index in [0.29, 0.717) is 29.7 Å². The first-order valence-corrected chi connectivity index (χ1v) is 7.53. The molecule has 2 rings (SSSR count). The van der Waals surface area contributed by atoms with Crippen molar-refractivity contribution in [3.8, 4) is 11.5 Å². The van der Waals surface area contributed by atoms with Crippen LogP contribution in [0.2, 0.25) is 5.02 Å². The first-order chi connectivity index (χ1) is 11.2. The number of nitrogens with one attached hydrogen (secondary N) is 1. The number of ether oxygens (including phenoxy) is 2. The molecule has 0 aliphatic rings. The second-order valence-electron chi connectivity index (χ2n) is 4.72. The Morgan fingerprint density at radius 1 is 1.17 bits per heavy atom. The van der Waals surface area contributed by atoms with Gasteiger partial charge in [0.25, 0.3) is 0 Å². The molecule has 0 fully saturated rings. The molecule has 23 heavy (non-hydrogen) atoms. The number of benzene rings is 2. The van der Waals surface area contributed by atoms with Crippen LogP contribution < -0.4 is 14.9 Å². The zero-order valence-electron chi connectivity index (χ0n) is 12.8. The van der Waals surface area contributed by atoms with E-state index < -0.39 is 0 Å². The van der Waals surface area contributed by atoms with Crippen LogP contribution >= 0.6 is 11.6 Å². The summed E-state index contributed by atoms with van der Waals surface area (Å²) in [5, 5.41) is 13.4. The van der Waals surface area contributed by atoms with E-state index in [4.69, 9.17) is 26.2 Å². The molecule has 5 nitrogen and oxygen atoms in total. The van der Waals surface area contributed by atoms with Crippen molar-refractivity contribution in [2.75, 3.05) is 20.3 Å². The molecule has 0 spiro atoms. The van der Waals surface area contributed by atoms with E-state index >= 15 is 0 Å². The van der Waals surface area contributed by atoms with Gasteiger partial charge in [-0.15, -0.1) is 0 Å². The average molecular weight is 335 g/mol. The summed E-state index contributed by atoms with van der Waals surface area (Å²) in [7, 11) is 1.59. The topological polar surface area (TPSA) is 63.1 Å². The van der Waals surface area contributed by atoms with Gasteiger partial charge >= 0.3 is 0 Å². The molecule has 2 aromatic rings. The maximum Gasteiger partial charge on any atom is 0.161 e. The molecule has 0 aromatic heterocycles. The molecule has 0 saturated heterocycles. The standard InChI is InChI=1S/C17H19ClN2O3/c1-22-17-10-14(11-20-19-8-9-21)4-7-16(17)23-12-13-2-5-15(18)6-3-13/h2-7,10-11,19,21H,8-9,12H2,1H3. The van der Waals surface area contributed by atoms with Gasteiger partial charge in [-0.2, -0.15) is 5.10 Å². The van der Waals surface area contributed by atoms with Gasteiger partial charge in [-0.25, -0.2) is 0 Å². The molecule has 0 unspecified atom stereocenters. The Kier molecular flexibility index (Phi) is 6.72. The predicted octanol–water partition coefficient (Wildman–Crippen LogP) is 2.84. The van der Waals surface area contributed by atoms with E-state index in [-0.39, 0.29) is 6.61 Å². The van der Waals surface area contributed by atoms with Crippen LogP contribution in [0.25, 0.3) is 0 Å². The van der Waals surface area contributed by atoms with Gasteiger partial charge in [0.1, 0.15) is 6.61 Å². The smallest absolute Gasteiger partial charge is 0.161 e. The third kappa shape index (κ3) is 5.47. The van der Waals surface area contributed by atoms with Crippen molar-refractivity contribution in [3.63, 3.8) is 0 Å². The Bertz CT molecular complexity index is 645. The Morgan fingerprint density at radius 2 is 1.96 bits per heavy atom. The third-order valence-corrected chi connectivity index (χ3v) is 3.28. The highest BCUT2D eigenvalue weighted by Crippen LogP contribution is 2.28. The summed E-state index contributed by atoms with van der Waals surface area (Å²) in [5.41, 5.74) is 4.61. The first-order valence-electron chi connectivity index (χ1n) is 7.15. The van der Waals surface area contributed by atoms with Gasteiger partial charge in [-0.1, -0.05) is 23.7 Å². The van der Waals surface area contributed by atoms with Crippen molar-refractivity contribution in [3.05, 3.63) is 58.6 Å². The minimum atomic E-state index is 0.0398. The summed E-state index contributed by atoms with van der Waals surface area (Å²) in [6.45, 7) is 0.882. The largest absolute Gasteiger partial charge is 0.493 e. The SMILES string of the molecule is COc1cc(C=NNCCO)ccc1OCc1ccc(Cl)cc1. The molecule has 0 saturated carbocycles. The second kappa shape index (κ2) is 9.02. The number of hydrogen-bond donors (Lipinski definition) is 2. The average Bonchev–Trinajstić information content (AvgIpc) is 2.58. The molecular formula is C17H19ClN2O3. The van der Waals surface area contributed by atoms with E-state index in [2.05, 4.69) is 10.5 Å². The van der Waals surface area contributed by atoms with E-state index in [1.165, 1.54) is 0 Å². The molecule has 0 radical (unpaired) electrons. The summed E-state index contributed by atoms with van der Waals surface area (Å²) < 4.78 is 11.1. The third-order valence-electron chi connectivity index (χ3n) is 3.02. The Balaban J connectivity index is 2.01. The maximum absolute atomic E-state index is 8.67. The molecule has 0 heterocycles. The number of halogens is 1. The normalized spacial score (nSPS) is 10.7. The zero-order valence-corrected chi connectivity index (χ0v) is 13.6. The summed E-state index contributed by atoms with van der Waals surface area (Å²) in [5.74, 6) is 1.29. The van der Waals surface area contributed by atoms with Gasteiger partial charge in [0, 0.05) is 5.02 Å². The van der Waals surface area contributed by atoms with Crippen molar-refractivity contribution in [1.82, 2.24) is 5.43 Å². The van der Waals surface area contributed by atoms with Gasteiger partial charge in [-0.05, 0) is 41.5 Å². The van der Waals surface area contributed by atoms with Gasteiger partial charge in [0.15, 0.2) is 11.5 Å². The van der Waals surface area contributed by atoms with Crippen molar-refractivity contribution >= 4 is 17.8 Å². The van der Waals surface area contributed by atoms with Crippen LogP contribution in [-0.4, -0.2) is 31.6 Å². The quantitative estimate of drug-likeness (QED) is 0.442. The van der Waals surface area contributed by atoms with E-state index in [1.54, 1.807) is 13.3 Å². The number of aliphatic hydroxyl groups excluding tert-OH is 1. The number of hydrazone groups is 1. The van der Waals surface area contributed by atoms with Crippen molar-refractivity contribution in [2.24, 2.45) is 5.10 Å². The lowest BCUT2D eigenvalue weighted by atomic mass is 10.2. The molecule has 0 aliphatic carbocycles. The number of rotatable bonds is 8. The monoisotopic (exact) mass is 334 g/mol. The molecule has 0 bridgehead atoms. The second-order valence-corrected chi connectivity index (χ2v) is 5.15. The van der Waals surface area contributed by atoms with Gasteiger partial charge in [0.05, 0.1) is 26.5 Å². The number of methoxy groups -OCH3 is 1. The highest BCUT2D eigenvalue weighted by molar-refractivity contribution is 6.30. The summed E-state index contributed by atoms with van der Waals surface area (Å²) >= 11 is 5.86. The Labute approximate surface area is 140 Å². The van der Waals surface area contributed by atoms with E-state index in [0.717, 1.165) is 11.1 Å². The fourth-order valence-corrected chi connectivity index (χ4v) is 1.99. The highest BCUT2D eigenvalue weighted by Gasteiger charge is 2.05. The van der Waals surface area contributed by atoms with Crippen LogP contribution in [0.5, 0.6) is 11.5 Å². The van der Waals surface area contributed by atoms with Crippen LogP contribution in [0, 0.1) is 0 Å². The van der Waals surface area contributed by atoms with Crippen molar-refractivity contribution < 1.29 is 14.6 Å². The molecule has 2 N–H and O–H groups in total. The van der Waals surface area contributed by atoms with Crippen molar-refractivity contribution in [2.45, 2.75) is 6.61 Å². The minimum absolute atomic E-state index is 0.0398. The molecule has 0 amide bonds. The number of hydrogen-bond acceptors (Lipinski definition) is 5. The molecular weight excluding hydrogens is 316 g/mol. The van der Waals surface area contributed by atoms with Gasteiger partial charge < -0.3 is 20.0 Å². The molecule has 122 valence electrons. The lowest BCUT2D eigenvalue weighted by molar-refractivity contribution is 0.284. The molecule has 0 atom stereocenters. The van der Waals surface area contributed by atoms with E-state index in [1.807, 2.05) is 42.5 Å². The molecule has 6 heteroatoms. The van der Waals surface area contributed by atoms with Crippen LogP contribution in [0.3, 0.4) is 0 Å². The lowest BCUT2D eigenvalue weighted by Gasteiger charge is -2.11. The highest BCUT2D eigenvalue weighted by atomic mass is 35.5. The van der Waals surface area contributed by atoms with Crippen LogP contribution in [-0.2, 0) is 6.61 Å². The summed E-state index contributed by atoms with van der Waals surface area (Å²) in [6, 6.07) is 13.0. The molecule has 2 aromatic carbocycles. The summed E-state index contributed by atoms with van der Waals surface area (Å²) in [4.78, 5) is 0. The fourth-order valence-electron chi connectivity index (χ4n) is 1.86. The lowest BCUT2D eigenvalue weighted by Crippen LogP contribution is -2.11. The van der Waals surface area contributed by atoms with E-state index in [9.17, 15) is 0 Å². The minimum Gasteiger partial charge on any atom is -0.493 e.